The zero-order chi connectivity index (χ0) is 19.0. The van der Waals surface area contributed by atoms with Gasteiger partial charge in [-0.05, 0) is 36.2 Å². The lowest BCUT2D eigenvalue weighted by atomic mass is 10.1. The Labute approximate surface area is 159 Å². The van der Waals surface area contributed by atoms with Crippen molar-refractivity contribution in [3.8, 4) is 11.5 Å². The summed E-state index contributed by atoms with van der Waals surface area (Å²) in [6.07, 6.45) is 3.10. The van der Waals surface area contributed by atoms with E-state index in [1.165, 1.54) is 0 Å². The minimum atomic E-state index is -0.690. The van der Waals surface area contributed by atoms with Crippen LogP contribution in [0.4, 0.5) is 0 Å². The van der Waals surface area contributed by atoms with Gasteiger partial charge in [-0.2, -0.15) is 4.98 Å². The average Bonchev–Trinajstić information content (AvgIpc) is 2.66. The van der Waals surface area contributed by atoms with E-state index >= 15 is 0 Å². The normalized spacial score (nSPS) is 11.3. The fourth-order valence-corrected chi connectivity index (χ4v) is 3.42. The van der Waals surface area contributed by atoms with E-state index in [0.717, 1.165) is 23.2 Å². The van der Waals surface area contributed by atoms with E-state index in [1.54, 1.807) is 12.3 Å². The van der Waals surface area contributed by atoms with Crippen molar-refractivity contribution in [3.63, 3.8) is 0 Å². The quantitative estimate of drug-likeness (QED) is 0.548. The molecule has 1 aromatic carbocycles. The zero-order valence-electron chi connectivity index (χ0n) is 14.6. The molecule has 2 aliphatic rings. The Kier molecular flexibility index (Phi) is 4.45. The molecule has 0 radical (unpaired) electrons. The average molecular weight is 382 g/mol. The Morgan fingerprint density at radius 3 is 2.78 bits per heavy atom. The molecule has 0 bridgehead atoms. The lowest BCUT2D eigenvalue weighted by molar-refractivity contribution is 0.690. The van der Waals surface area contributed by atoms with Gasteiger partial charge in [-0.25, -0.2) is 9.78 Å². The molecule has 0 spiro atoms. The Balaban J connectivity index is 1.98. The van der Waals surface area contributed by atoms with Crippen molar-refractivity contribution < 1.29 is 0 Å². The van der Waals surface area contributed by atoms with Crippen LogP contribution in [0.3, 0.4) is 0 Å². The molecular formula is C19H16ClN5O2. The monoisotopic (exact) mass is 381 g/mol. The highest BCUT2D eigenvalue weighted by Crippen LogP contribution is 2.27. The highest BCUT2D eigenvalue weighted by Gasteiger charge is 2.19. The summed E-state index contributed by atoms with van der Waals surface area (Å²) in [5, 5.41) is 0.595. The van der Waals surface area contributed by atoms with Gasteiger partial charge >= 0.3 is 5.69 Å². The number of fused-ring (bicyclic) bond motifs is 2. The smallest absolute Gasteiger partial charge is 0.322 e. The van der Waals surface area contributed by atoms with Gasteiger partial charge in [-0.1, -0.05) is 24.6 Å². The molecular weight excluding hydrogens is 366 g/mol. The number of aromatic amines is 1. The van der Waals surface area contributed by atoms with Crippen LogP contribution in [0.25, 0.3) is 22.6 Å². The summed E-state index contributed by atoms with van der Waals surface area (Å²) in [7, 11) is 0. The van der Waals surface area contributed by atoms with Gasteiger partial charge in [-0.3, -0.25) is 14.8 Å². The molecule has 0 fully saturated rings. The van der Waals surface area contributed by atoms with Gasteiger partial charge in [-0.15, -0.1) is 0 Å². The molecule has 1 aromatic heterocycles. The molecule has 8 heteroatoms. The van der Waals surface area contributed by atoms with Gasteiger partial charge in [0.05, 0.1) is 11.0 Å². The molecule has 1 N–H and O–H groups in total. The summed E-state index contributed by atoms with van der Waals surface area (Å²) in [6.45, 7) is 2.51. The van der Waals surface area contributed by atoms with Crippen molar-refractivity contribution in [1.82, 2.24) is 24.5 Å². The number of aryl methyl sites for hydroxylation is 3. The molecule has 136 valence electrons. The maximum absolute atomic E-state index is 12.3. The summed E-state index contributed by atoms with van der Waals surface area (Å²) in [5.41, 5.74) is 2.08. The third-order valence-corrected chi connectivity index (χ3v) is 4.83. The molecule has 2 aliphatic heterocycles. The highest BCUT2D eigenvalue weighted by molar-refractivity contribution is 6.32. The predicted molar refractivity (Wildman–Crippen MR) is 103 cm³/mol. The van der Waals surface area contributed by atoms with Crippen LogP contribution in [-0.4, -0.2) is 24.5 Å². The van der Waals surface area contributed by atoms with E-state index in [9.17, 15) is 9.59 Å². The van der Waals surface area contributed by atoms with Crippen molar-refractivity contribution in [2.24, 2.45) is 0 Å². The summed E-state index contributed by atoms with van der Waals surface area (Å²) in [5.74, 6) is 0.261. The van der Waals surface area contributed by atoms with E-state index in [-0.39, 0.29) is 11.5 Å². The van der Waals surface area contributed by atoms with E-state index in [0.29, 0.717) is 23.5 Å². The number of benzene rings is 1. The largest absolute Gasteiger partial charge is 0.349 e. The lowest BCUT2D eigenvalue weighted by Gasteiger charge is -2.17. The first-order chi connectivity index (χ1) is 13.1. The Morgan fingerprint density at radius 1 is 1.19 bits per heavy atom. The van der Waals surface area contributed by atoms with E-state index < -0.39 is 11.2 Å². The summed E-state index contributed by atoms with van der Waals surface area (Å²) in [4.78, 5) is 39.0. The minimum absolute atomic E-state index is 0.114. The van der Waals surface area contributed by atoms with Gasteiger partial charge in [0.2, 0.25) is 0 Å². The number of nitrogens with zero attached hydrogens (tertiary/aromatic N) is 4. The molecule has 0 atom stereocenters. The molecule has 0 amide bonds. The molecule has 27 heavy (non-hydrogen) atoms. The van der Waals surface area contributed by atoms with Crippen LogP contribution in [0.1, 0.15) is 18.2 Å². The molecule has 2 aromatic rings. The van der Waals surface area contributed by atoms with Crippen LogP contribution >= 0.6 is 11.6 Å². The van der Waals surface area contributed by atoms with Gasteiger partial charge in [0, 0.05) is 29.9 Å². The standard InChI is InChI=1S/C19H16ClN5O2/c1-2-11-9-15-14(10-13(11)20)22-16-17(23-19(27)24-18(16)26)25(15)8-6-12-5-3-4-7-21-12/h3-5,7,9-10H,2,6,8H2,1H3,(H,24,26,27). The van der Waals surface area contributed by atoms with Crippen molar-refractivity contribution >= 4 is 22.6 Å². The van der Waals surface area contributed by atoms with Crippen LogP contribution < -0.4 is 11.2 Å². The Bertz CT molecular complexity index is 1220. The Hall–Kier alpha value is -3.06. The van der Waals surface area contributed by atoms with Crippen molar-refractivity contribution in [3.05, 3.63) is 73.6 Å². The maximum Gasteiger partial charge on any atom is 0.349 e. The molecule has 3 heterocycles. The van der Waals surface area contributed by atoms with E-state index in [4.69, 9.17) is 11.6 Å². The van der Waals surface area contributed by atoms with Gasteiger partial charge in [0.25, 0.3) is 5.56 Å². The number of nitrogens with one attached hydrogen (secondary N) is 1. The summed E-state index contributed by atoms with van der Waals surface area (Å²) >= 11 is 6.33. The number of H-pyrrole nitrogens is 1. The molecule has 0 unspecified atom stereocenters. The fraction of sp³-hybridized carbons (Fsp3) is 0.211. The van der Waals surface area contributed by atoms with Crippen molar-refractivity contribution in [2.45, 2.75) is 26.3 Å². The molecule has 0 aliphatic carbocycles. The van der Waals surface area contributed by atoms with Crippen LogP contribution in [0.2, 0.25) is 5.02 Å². The van der Waals surface area contributed by atoms with Crippen LogP contribution in [0.5, 0.6) is 0 Å². The van der Waals surface area contributed by atoms with Gasteiger partial charge in [0.1, 0.15) is 0 Å². The van der Waals surface area contributed by atoms with Crippen molar-refractivity contribution in [1.29, 1.82) is 0 Å². The second-order valence-electron chi connectivity index (χ2n) is 6.16. The zero-order valence-corrected chi connectivity index (χ0v) is 15.3. The topological polar surface area (TPSA) is 93.5 Å². The third-order valence-electron chi connectivity index (χ3n) is 4.48. The molecule has 4 rings (SSSR count). The Morgan fingerprint density at radius 2 is 2.04 bits per heavy atom. The summed E-state index contributed by atoms with van der Waals surface area (Å²) < 4.78 is 1.85. The minimum Gasteiger partial charge on any atom is -0.322 e. The third kappa shape index (κ3) is 3.21. The first-order valence-electron chi connectivity index (χ1n) is 8.59. The predicted octanol–water partition coefficient (Wildman–Crippen LogP) is 2.44. The number of hydrogen-bond acceptors (Lipinski definition) is 5. The number of rotatable bonds is 4. The number of halogens is 1. The maximum atomic E-state index is 12.3. The summed E-state index contributed by atoms with van der Waals surface area (Å²) in [6, 6.07) is 9.39. The first kappa shape index (κ1) is 17.4. The van der Waals surface area contributed by atoms with Crippen LogP contribution in [0.15, 0.2) is 46.1 Å². The SMILES string of the molecule is CCc1cc2c(cc1Cl)nc1c(=O)[nH]c(=O)nc-1n2CCc1ccccn1. The number of hydrogen-bond donors (Lipinski definition) is 1. The van der Waals surface area contributed by atoms with E-state index in [1.807, 2.05) is 35.8 Å². The highest BCUT2D eigenvalue weighted by atomic mass is 35.5. The van der Waals surface area contributed by atoms with Crippen LogP contribution in [0, 0.1) is 0 Å². The first-order valence-corrected chi connectivity index (χ1v) is 8.97. The second-order valence-corrected chi connectivity index (χ2v) is 6.57. The lowest BCUT2D eigenvalue weighted by Crippen LogP contribution is -2.29. The van der Waals surface area contributed by atoms with Crippen molar-refractivity contribution in [2.75, 3.05) is 0 Å². The molecule has 0 saturated heterocycles. The van der Waals surface area contributed by atoms with Gasteiger partial charge < -0.3 is 4.57 Å². The number of aromatic nitrogens is 5. The van der Waals surface area contributed by atoms with Gasteiger partial charge in [0.15, 0.2) is 11.5 Å². The number of pyridine rings is 1. The second kappa shape index (κ2) is 6.92. The molecule has 0 saturated carbocycles. The van der Waals surface area contributed by atoms with E-state index in [2.05, 4.69) is 19.9 Å². The van der Waals surface area contributed by atoms with Crippen LogP contribution in [-0.2, 0) is 19.4 Å². The fourth-order valence-electron chi connectivity index (χ4n) is 3.13. The molecule has 7 nitrogen and oxygen atoms in total.